The molecule has 1 atom stereocenters. The van der Waals surface area contributed by atoms with E-state index < -0.39 is 0 Å². The summed E-state index contributed by atoms with van der Waals surface area (Å²) >= 11 is 0. The zero-order valence-electron chi connectivity index (χ0n) is 11.2. The predicted molar refractivity (Wildman–Crippen MR) is 74.6 cm³/mol. The normalized spacial score (nSPS) is 15.4. The summed E-state index contributed by atoms with van der Waals surface area (Å²) in [5, 5.41) is 11.8. The van der Waals surface area contributed by atoms with Crippen LogP contribution in [0.25, 0.3) is 0 Å². The third-order valence-electron chi connectivity index (χ3n) is 3.32. The molecular formula is C15H19N3O. The Morgan fingerprint density at radius 2 is 2.16 bits per heavy atom. The molecule has 1 N–H and O–H groups in total. The average Bonchev–Trinajstić information content (AvgIpc) is 3.24. The van der Waals surface area contributed by atoms with Crippen LogP contribution < -0.4 is 10.2 Å². The Balaban J connectivity index is 2.07. The molecule has 4 nitrogen and oxygen atoms in total. The molecule has 1 saturated carbocycles. The summed E-state index contributed by atoms with van der Waals surface area (Å²) in [6, 6.07) is 12.0. The number of carbonyl (C=O) groups is 1. The van der Waals surface area contributed by atoms with Gasteiger partial charge in [-0.1, -0.05) is 18.2 Å². The van der Waals surface area contributed by atoms with E-state index in [4.69, 9.17) is 5.26 Å². The van der Waals surface area contributed by atoms with Crippen molar-refractivity contribution in [2.24, 2.45) is 0 Å². The molecule has 1 amide bonds. The molecule has 1 unspecified atom stereocenters. The van der Waals surface area contributed by atoms with E-state index in [9.17, 15) is 4.79 Å². The number of nitriles is 1. The average molecular weight is 257 g/mol. The SMILES string of the molecule is CC(C(=O)NC1CC1)N(CCC#N)c1ccccc1. The first-order chi connectivity index (χ1) is 9.22. The molecule has 19 heavy (non-hydrogen) atoms. The molecule has 0 aromatic heterocycles. The van der Waals surface area contributed by atoms with Crippen LogP contribution in [0.4, 0.5) is 5.69 Å². The van der Waals surface area contributed by atoms with E-state index >= 15 is 0 Å². The molecule has 0 aliphatic heterocycles. The topological polar surface area (TPSA) is 56.1 Å². The third-order valence-corrected chi connectivity index (χ3v) is 3.32. The Morgan fingerprint density at radius 3 is 2.74 bits per heavy atom. The fourth-order valence-corrected chi connectivity index (χ4v) is 2.03. The Labute approximate surface area is 114 Å². The molecule has 1 aliphatic rings. The molecule has 1 aromatic rings. The van der Waals surface area contributed by atoms with Gasteiger partial charge in [-0.3, -0.25) is 4.79 Å². The lowest BCUT2D eigenvalue weighted by Gasteiger charge is -2.29. The van der Waals surface area contributed by atoms with Gasteiger partial charge in [0.1, 0.15) is 6.04 Å². The summed E-state index contributed by atoms with van der Waals surface area (Å²) in [7, 11) is 0. The number of amides is 1. The van der Waals surface area contributed by atoms with Crippen LogP contribution >= 0.6 is 0 Å². The fourth-order valence-electron chi connectivity index (χ4n) is 2.03. The zero-order chi connectivity index (χ0) is 13.7. The molecule has 0 radical (unpaired) electrons. The van der Waals surface area contributed by atoms with Crippen LogP contribution in [-0.2, 0) is 4.79 Å². The Hall–Kier alpha value is -2.02. The number of nitrogens with one attached hydrogen (secondary N) is 1. The monoisotopic (exact) mass is 257 g/mol. The van der Waals surface area contributed by atoms with Crippen molar-refractivity contribution in [2.45, 2.75) is 38.3 Å². The van der Waals surface area contributed by atoms with E-state index in [2.05, 4.69) is 11.4 Å². The molecule has 1 fully saturated rings. The highest BCUT2D eigenvalue weighted by molar-refractivity contribution is 5.85. The van der Waals surface area contributed by atoms with Gasteiger partial charge < -0.3 is 10.2 Å². The van der Waals surface area contributed by atoms with Crippen molar-refractivity contribution >= 4 is 11.6 Å². The molecule has 2 rings (SSSR count). The predicted octanol–water partition coefficient (Wildman–Crippen LogP) is 2.07. The van der Waals surface area contributed by atoms with Crippen LogP contribution in [-0.4, -0.2) is 24.5 Å². The van der Waals surface area contributed by atoms with Gasteiger partial charge in [-0.15, -0.1) is 0 Å². The Morgan fingerprint density at radius 1 is 1.47 bits per heavy atom. The molecule has 0 heterocycles. The van der Waals surface area contributed by atoms with Crippen LogP contribution in [0.5, 0.6) is 0 Å². The molecule has 1 aliphatic carbocycles. The van der Waals surface area contributed by atoms with E-state index in [0.717, 1.165) is 18.5 Å². The number of para-hydroxylation sites is 1. The van der Waals surface area contributed by atoms with Gasteiger partial charge in [-0.05, 0) is 31.9 Å². The highest BCUT2D eigenvalue weighted by Gasteiger charge is 2.28. The standard InChI is InChI=1S/C15H19N3O/c1-12(15(19)17-13-8-9-13)18(11-5-10-16)14-6-3-2-4-7-14/h2-4,6-7,12-13H,5,8-9,11H2,1H3,(H,17,19). The van der Waals surface area contributed by atoms with Gasteiger partial charge in [0, 0.05) is 18.3 Å². The highest BCUT2D eigenvalue weighted by Crippen LogP contribution is 2.21. The van der Waals surface area contributed by atoms with Crippen molar-refractivity contribution in [1.29, 1.82) is 5.26 Å². The number of hydrogen-bond donors (Lipinski definition) is 1. The van der Waals surface area contributed by atoms with Gasteiger partial charge in [-0.25, -0.2) is 0 Å². The Bertz CT molecular complexity index is 462. The van der Waals surface area contributed by atoms with E-state index in [1.807, 2.05) is 42.2 Å². The van der Waals surface area contributed by atoms with E-state index in [1.54, 1.807) is 0 Å². The number of rotatable bonds is 6. The van der Waals surface area contributed by atoms with Crippen molar-refractivity contribution in [3.05, 3.63) is 30.3 Å². The van der Waals surface area contributed by atoms with Gasteiger partial charge in [0.25, 0.3) is 0 Å². The summed E-state index contributed by atoms with van der Waals surface area (Å²) in [5.74, 6) is 0.0456. The molecule has 4 heteroatoms. The molecule has 0 saturated heterocycles. The molecular weight excluding hydrogens is 238 g/mol. The van der Waals surface area contributed by atoms with Crippen LogP contribution in [0, 0.1) is 11.3 Å². The lowest BCUT2D eigenvalue weighted by atomic mass is 10.2. The van der Waals surface area contributed by atoms with Gasteiger partial charge in [-0.2, -0.15) is 5.26 Å². The van der Waals surface area contributed by atoms with Gasteiger partial charge in [0.2, 0.25) is 5.91 Å². The number of hydrogen-bond acceptors (Lipinski definition) is 3. The number of anilines is 1. The summed E-state index contributed by atoms with van der Waals surface area (Å²) < 4.78 is 0. The quantitative estimate of drug-likeness (QED) is 0.848. The minimum atomic E-state index is -0.253. The third kappa shape index (κ3) is 3.72. The second-order valence-corrected chi connectivity index (χ2v) is 4.90. The lowest BCUT2D eigenvalue weighted by molar-refractivity contribution is -0.122. The maximum absolute atomic E-state index is 12.1. The van der Waals surface area contributed by atoms with Gasteiger partial charge in [0.05, 0.1) is 12.5 Å². The second kappa shape index (κ2) is 6.24. The molecule has 1 aromatic carbocycles. The minimum Gasteiger partial charge on any atom is -0.359 e. The lowest BCUT2D eigenvalue weighted by Crippen LogP contribution is -2.46. The molecule has 0 bridgehead atoms. The highest BCUT2D eigenvalue weighted by atomic mass is 16.2. The van der Waals surface area contributed by atoms with Crippen LogP contribution in [0.2, 0.25) is 0 Å². The van der Waals surface area contributed by atoms with E-state index in [-0.39, 0.29) is 11.9 Å². The van der Waals surface area contributed by atoms with Crippen LogP contribution in [0.3, 0.4) is 0 Å². The smallest absolute Gasteiger partial charge is 0.242 e. The van der Waals surface area contributed by atoms with Crippen molar-refractivity contribution in [3.63, 3.8) is 0 Å². The first kappa shape index (κ1) is 13.4. The van der Waals surface area contributed by atoms with Crippen LogP contribution in [0.15, 0.2) is 30.3 Å². The van der Waals surface area contributed by atoms with Crippen molar-refractivity contribution in [1.82, 2.24) is 5.32 Å². The Kier molecular flexibility index (Phi) is 4.40. The zero-order valence-corrected chi connectivity index (χ0v) is 11.2. The summed E-state index contributed by atoms with van der Waals surface area (Å²) in [6.45, 7) is 2.46. The summed E-state index contributed by atoms with van der Waals surface area (Å²) in [6.07, 6.45) is 2.58. The van der Waals surface area contributed by atoms with Crippen molar-refractivity contribution in [2.75, 3.05) is 11.4 Å². The molecule has 0 spiro atoms. The minimum absolute atomic E-state index is 0.0456. The van der Waals surface area contributed by atoms with Crippen molar-refractivity contribution < 1.29 is 4.79 Å². The first-order valence-electron chi connectivity index (χ1n) is 6.71. The fraction of sp³-hybridized carbons (Fsp3) is 0.467. The summed E-state index contributed by atoms with van der Waals surface area (Å²) in [4.78, 5) is 14.1. The van der Waals surface area contributed by atoms with E-state index in [1.165, 1.54) is 0 Å². The van der Waals surface area contributed by atoms with E-state index in [0.29, 0.717) is 19.0 Å². The number of nitrogens with zero attached hydrogens (tertiary/aromatic N) is 2. The van der Waals surface area contributed by atoms with Crippen LogP contribution in [0.1, 0.15) is 26.2 Å². The molecule has 100 valence electrons. The largest absolute Gasteiger partial charge is 0.359 e. The van der Waals surface area contributed by atoms with Gasteiger partial charge in [0.15, 0.2) is 0 Å². The second-order valence-electron chi connectivity index (χ2n) is 4.90. The maximum Gasteiger partial charge on any atom is 0.242 e. The number of carbonyl (C=O) groups excluding carboxylic acids is 1. The maximum atomic E-state index is 12.1. The van der Waals surface area contributed by atoms with Gasteiger partial charge >= 0.3 is 0 Å². The summed E-state index contributed by atoms with van der Waals surface area (Å²) in [5.41, 5.74) is 0.983. The van der Waals surface area contributed by atoms with Crippen molar-refractivity contribution in [3.8, 4) is 6.07 Å². The first-order valence-corrected chi connectivity index (χ1v) is 6.71. The number of benzene rings is 1.